The first kappa shape index (κ1) is 17.3. The molecule has 26 heavy (non-hydrogen) atoms. The number of fused-ring (bicyclic) bond motifs is 1. The largest absolute Gasteiger partial charge is 0.348 e. The quantitative estimate of drug-likeness (QED) is 0.676. The van der Waals surface area contributed by atoms with E-state index >= 15 is 0 Å². The molecule has 2 heterocycles. The van der Waals surface area contributed by atoms with E-state index in [9.17, 15) is 12.8 Å². The minimum Gasteiger partial charge on any atom is -0.348 e. The van der Waals surface area contributed by atoms with E-state index in [1.165, 1.54) is 22.5 Å². The van der Waals surface area contributed by atoms with Crippen molar-refractivity contribution >= 4 is 21.6 Å². The summed E-state index contributed by atoms with van der Waals surface area (Å²) in [6.07, 6.45) is 1.88. The molecule has 0 radical (unpaired) electrons. The fourth-order valence-corrected chi connectivity index (χ4v) is 5.07. The Morgan fingerprint density at radius 3 is 2.42 bits per heavy atom. The topological polar surface area (TPSA) is 42.3 Å². The molecule has 2 aromatic carbocycles. The van der Waals surface area contributed by atoms with Gasteiger partial charge >= 0.3 is 0 Å². The van der Waals surface area contributed by atoms with E-state index in [-0.39, 0.29) is 11.4 Å². The summed E-state index contributed by atoms with van der Waals surface area (Å²) in [5.74, 6) is -0.427. The zero-order valence-corrected chi connectivity index (χ0v) is 15.3. The van der Waals surface area contributed by atoms with E-state index < -0.39 is 21.9 Å². The summed E-state index contributed by atoms with van der Waals surface area (Å²) in [4.78, 5) is 0.142. The third-order valence-electron chi connectivity index (χ3n) is 4.61. The molecule has 0 aliphatic carbocycles. The Kier molecular flexibility index (Phi) is 4.34. The van der Waals surface area contributed by atoms with Gasteiger partial charge in [0, 0.05) is 35.6 Å². The summed E-state index contributed by atoms with van der Waals surface area (Å²) in [5.41, 5.74) is 1.09. The first-order valence-electron chi connectivity index (χ1n) is 8.15. The van der Waals surface area contributed by atoms with Crippen LogP contribution in [0.15, 0.2) is 71.8 Å². The smallest absolute Gasteiger partial charge is 0.244 e. The summed E-state index contributed by atoms with van der Waals surface area (Å²) in [7, 11) is -3.82. The first-order valence-corrected chi connectivity index (χ1v) is 9.97. The minimum absolute atomic E-state index is 0.142. The number of hydrogen-bond donors (Lipinski definition) is 0. The summed E-state index contributed by atoms with van der Waals surface area (Å²) in [6, 6.07) is 15.3. The molecule has 0 saturated carbocycles. The summed E-state index contributed by atoms with van der Waals surface area (Å²) in [5, 5.41) is 0.460. The molecule has 3 aromatic rings. The van der Waals surface area contributed by atoms with Crippen LogP contribution in [0.5, 0.6) is 0 Å². The van der Waals surface area contributed by atoms with Crippen LogP contribution in [-0.2, 0) is 16.6 Å². The molecule has 1 aliphatic rings. The first-order chi connectivity index (χ1) is 12.5. The predicted molar refractivity (Wildman–Crippen MR) is 98.0 cm³/mol. The van der Waals surface area contributed by atoms with Gasteiger partial charge < -0.3 is 4.57 Å². The van der Waals surface area contributed by atoms with Gasteiger partial charge in [-0.05, 0) is 42.5 Å². The maximum Gasteiger partial charge on any atom is 0.244 e. The maximum atomic E-state index is 14.5. The highest BCUT2D eigenvalue weighted by Gasteiger charge is 2.38. The summed E-state index contributed by atoms with van der Waals surface area (Å²) >= 11 is 5.88. The molecule has 4 nitrogen and oxygen atoms in total. The minimum atomic E-state index is -3.82. The van der Waals surface area contributed by atoms with Crippen molar-refractivity contribution in [3.8, 4) is 0 Å². The average molecular weight is 391 g/mol. The highest BCUT2D eigenvalue weighted by Crippen LogP contribution is 2.37. The molecular weight excluding hydrogens is 375 g/mol. The lowest BCUT2D eigenvalue weighted by Crippen LogP contribution is -2.42. The Hall–Kier alpha value is -2.15. The van der Waals surface area contributed by atoms with Crippen molar-refractivity contribution in [2.45, 2.75) is 17.5 Å². The third kappa shape index (κ3) is 2.84. The van der Waals surface area contributed by atoms with Crippen molar-refractivity contribution in [2.24, 2.45) is 0 Å². The Balaban J connectivity index is 1.87. The number of hydrogen-bond acceptors (Lipinski definition) is 2. The summed E-state index contributed by atoms with van der Waals surface area (Å²) in [6.45, 7) is 0.770. The van der Waals surface area contributed by atoms with Gasteiger partial charge in [0.2, 0.25) is 10.0 Å². The normalized spacial score (nSPS) is 17.8. The molecule has 134 valence electrons. The second-order valence-corrected chi connectivity index (χ2v) is 8.45. The van der Waals surface area contributed by atoms with E-state index in [1.54, 1.807) is 30.3 Å². The number of halogens is 2. The Morgan fingerprint density at radius 2 is 1.69 bits per heavy atom. The SMILES string of the molecule is O=S(=O)(c1ccc(Cl)cc1)N1CCn2cccc2C1c1ccccc1F. The number of aromatic nitrogens is 1. The Labute approximate surface area is 156 Å². The molecule has 0 fully saturated rings. The van der Waals surface area contributed by atoms with Gasteiger partial charge in [-0.15, -0.1) is 0 Å². The van der Waals surface area contributed by atoms with Crippen LogP contribution < -0.4 is 0 Å². The van der Waals surface area contributed by atoms with Crippen molar-refractivity contribution in [3.63, 3.8) is 0 Å². The number of sulfonamides is 1. The van der Waals surface area contributed by atoms with Gasteiger partial charge in [0.05, 0.1) is 10.9 Å². The van der Waals surface area contributed by atoms with Gasteiger partial charge in [-0.25, -0.2) is 12.8 Å². The molecule has 7 heteroatoms. The number of rotatable bonds is 3. The second-order valence-electron chi connectivity index (χ2n) is 6.12. The highest BCUT2D eigenvalue weighted by atomic mass is 35.5. The molecule has 0 N–H and O–H groups in total. The standard InChI is InChI=1S/C19H16ClFN2O2S/c20-14-7-9-15(10-8-14)26(24,25)23-13-12-22-11-3-6-18(22)19(23)16-4-1-2-5-17(16)21/h1-11,19H,12-13H2. The lowest BCUT2D eigenvalue weighted by Gasteiger charge is -2.36. The van der Waals surface area contributed by atoms with Crippen LogP contribution in [0.2, 0.25) is 5.02 Å². The monoisotopic (exact) mass is 390 g/mol. The van der Waals surface area contributed by atoms with Crippen molar-refractivity contribution in [3.05, 3.63) is 89.0 Å². The van der Waals surface area contributed by atoms with E-state index in [1.807, 2.05) is 22.9 Å². The molecular formula is C19H16ClFN2O2S. The van der Waals surface area contributed by atoms with Gasteiger partial charge in [0.15, 0.2) is 0 Å². The lowest BCUT2D eigenvalue weighted by atomic mass is 10.0. The summed E-state index contributed by atoms with van der Waals surface area (Å²) < 4.78 is 44.4. The van der Waals surface area contributed by atoms with Crippen LogP contribution in [0.25, 0.3) is 0 Å². The van der Waals surface area contributed by atoms with E-state index in [2.05, 4.69) is 0 Å². The Morgan fingerprint density at radius 1 is 0.962 bits per heavy atom. The van der Waals surface area contributed by atoms with Gasteiger partial charge in [-0.1, -0.05) is 29.8 Å². The fraction of sp³-hybridized carbons (Fsp3) is 0.158. The molecule has 1 atom stereocenters. The maximum absolute atomic E-state index is 14.5. The van der Waals surface area contributed by atoms with Gasteiger partial charge in [-0.3, -0.25) is 0 Å². The highest BCUT2D eigenvalue weighted by molar-refractivity contribution is 7.89. The van der Waals surface area contributed by atoms with Crippen LogP contribution in [0.1, 0.15) is 17.3 Å². The van der Waals surface area contributed by atoms with Gasteiger partial charge in [0.1, 0.15) is 5.82 Å². The van der Waals surface area contributed by atoms with Gasteiger partial charge in [-0.2, -0.15) is 4.31 Å². The second kappa shape index (κ2) is 6.54. The van der Waals surface area contributed by atoms with Crippen LogP contribution in [0.3, 0.4) is 0 Å². The molecule has 0 saturated heterocycles. The molecule has 1 aromatic heterocycles. The van der Waals surface area contributed by atoms with Crippen molar-refractivity contribution < 1.29 is 12.8 Å². The third-order valence-corrected chi connectivity index (χ3v) is 6.74. The zero-order valence-electron chi connectivity index (χ0n) is 13.7. The predicted octanol–water partition coefficient (Wildman–Crippen LogP) is 4.07. The van der Waals surface area contributed by atoms with E-state index in [4.69, 9.17) is 11.6 Å². The molecule has 0 bridgehead atoms. The number of nitrogens with zero attached hydrogens (tertiary/aromatic N) is 2. The van der Waals surface area contributed by atoms with Crippen LogP contribution in [0, 0.1) is 5.82 Å². The number of benzene rings is 2. The molecule has 0 spiro atoms. The van der Waals surface area contributed by atoms with Crippen LogP contribution in [0.4, 0.5) is 4.39 Å². The van der Waals surface area contributed by atoms with E-state index in [0.717, 1.165) is 5.69 Å². The fourth-order valence-electron chi connectivity index (χ4n) is 3.37. The molecule has 0 amide bonds. The van der Waals surface area contributed by atoms with Crippen molar-refractivity contribution in [1.82, 2.24) is 8.87 Å². The van der Waals surface area contributed by atoms with Crippen molar-refractivity contribution in [2.75, 3.05) is 6.54 Å². The lowest BCUT2D eigenvalue weighted by molar-refractivity contribution is 0.293. The zero-order chi connectivity index (χ0) is 18.3. The van der Waals surface area contributed by atoms with Crippen LogP contribution in [-0.4, -0.2) is 23.8 Å². The van der Waals surface area contributed by atoms with Gasteiger partial charge in [0.25, 0.3) is 0 Å². The molecule has 4 rings (SSSR count). The average Bonchev–Trinajstić information content (AvgIpc) is 3.10. The molecule has 1 aliphatic heterocycles. The molecule has 1 unspecified atom stereocenters. The van der Waals surface area contributed by atoms with Crippen LogP contribution >= 0.6 is 11.6 Å². The van der Waals surface area contributed by atoms with Crippen molar-refractivity contribution in [1.29, 1.82) is 0 Å². The Bertz CT molecular complexity index is 1050. The van der Waals surface area contributed by atoms with E-state index in [0.29, 0.717) is 17.1 Å².